The molecule has 0 bridgehead atoms. The first-order valence-corrected chi connectivity index (χ1v) is 15.2. The van der Waals surface area contributed by atoms with Crippen LogP contribution >= 0.6 is 7.82 Å². The molecule has 0 heterocycles. The Hall–Kier alpha value is -2.06. The molecule has 39 heavy (non-hydrogen) atoms. The largest absolute Gasteiger partial charge is 0.756 e. The van der Waals surface area contributed by atoms with Gasteiger partial charge in [-0.1, -0.05) is 79.8 Å². The Morgan fingerprint density at radius 3 is 1.72 bits per heavy atom. The van der Waals surface area contributed by atoms with Crippen molar-refractivity contribution in [2.45, 2.75) is 64.4 Å². The number of esters is 1. The predicted molar refractivity (Wildman–Crippen MR) is 157 cm³/mol. The van der Waals surface area contributed by atoms with Crippen LogP contribution in [0.5, 0.6) is 0 Å². The van der Waals surface area contributed by atoms with Crippen molar-refractivity contribution in [2.75, 3.05) is 47.5 Å². The lowest BCUT2D eigenvalue weighted by Crippen LogP contribution is -2.37. The normalized spacial score (nSPS) is 15.5. The topological polar surface area (TPSA) is 105 Å². The van der Waals surface area contributed by atoms with Crippen LogP contribution in [0, 0.1) is 0 Å². The Morgan fingerprint density at radius 1 is 0.821 bits per heavy atom. The third-order valence-electron chi connectivity index (χ3n) is 5.04. The van der Waals surface area contributed by atoms with Crippen LogP contribution in [0.15, 0.2) is 72.9 Å². The number of rotatable bonds is 23. The van der Waals surface area contributed by atoms with E-state index in [2.05, 4.69) is 67.7 Å². The van der Waals surface area contributed by atoms with Gasteiger partial charge in [0.15, 0.2) is 0 Å². The fraction of sp³-hybridized carbons (Fsp3) is 0.567. The average molecular weight is 568 g/mol. The predicted octanol–water partition coefficient (Wildman–Crippen LogP) is 5.58. The highest BCUT2D eigenvalue weighted by molar-refractivity contribution is 7.45. The zero-order valence-corrected chi connectivity index (χ0v) is 25.2. The van der Waals surface area contributed by atoms with Gasteiger partial charge in [0.2, 0.25) is 0 Å². The van der Waals surface area contributed by atoms with Gasteiger partial charge in [0.05, 0.1) is 34.4 Å². The molecule has 0 spiro atoms. The minimum atomic E-state index is -4.54. The monoisotopic (exact) mass is 567 g/mol. The average Bonchev–Trinajstić information content (AvgIpc) is 2.87. The zero-order chi connectivity index (χ0) is 29.2. The molecule has 0 aliphatic heterocycles. The van der Waals surface area contributed by atoms with E-state index in [1.165, 1.54) is 0 Å². The number of nitrogens with zero attached hydrogens (tertiary/aromatic N) is 1. The highest BCUT2D eigenvalue weighted by Crippen LogP contribution is 2.38. The van der Waals surface area contributed by atoms with Crippen molar-refractivity contribution in [3.63, 3.8) is 0 Å². The van der Waals surface area contributed by atoms with Crippen LogP contribution in [0.3, 0.4) is 0 Å². The van der Waals surface area contributed by atoms with Gasteiger partial charge in [0, 0.05) is 6.42 Å². The maximum Gasteiger partial charge on any atom is 0.306 e. The summed E-state index contributed by atoms with van der Waals surface area (Å²) in [5.74, 6) is -0.538. The minimum absolute atomic E-state index is 0.0280. The second-order valence-electron chi connectivity index (χ2n) is 9.84. The quantitative estimate of drug-likeness (QED) is 0.0744. The Balaban J connectivity index is 3.95. The van der Waals surface area contributed by atoms with Crippen molar-refractivity contribution < 1.29 is 37.6 Å². The number of hydrogen-bond donors (Lipinski definition) is 1. The van der Waals surface area contributed by atoms with E-state index in [0.29, 0.717) is 17.4 Å². The van der Waals surface area contributed by atoms with Gasteiger partial charge in [-0.05, 0) is 44.9 Å². The molecule has 0 saturated carbocycles. The lowest BCUT2D eigenvalue weighted by molar-refractivity contribution is -0.870. The van der Waals surface area contributed by atoms with Crippen LogP contribution in [0.1, 0.15) is 58.3 Å². The van der Waals surface area contributed by atoms with Crippen molar-refractivity contribution in [3.8, 4) is 0 Å². The Labute approximate surface area is 236 Å². The summed E-state index contributed by atoms with van der Waals surface area (Å²) in [5, 5.41) is 9.36. The third-order valence-corrected chi connectivity index (χ3v) is 6.01. The second kappa shape index (κ2) is 23.8. The van der Waals surface area contributed by atoms with E-state index >= 15 is 0 Å². The van der Waals surface area contributed by atoms with E-state index in [0.717, 1.165) is 38.5 Å². The zero-order valence-electron chi connectivity index (χ0n) is 24.3. The van der Waals surface area contributed by atoms with Crippen LogP contribution in [-0.4, -0.2) is 69.2 Å². The van der Waals surface area contributed by atoms with Crippen molar-refractivity contribution in [2.24, 2.45) is 0 Å². The van der Waals surface area contributed by atoms with Crippen LogP contribution in [0.25, 0.3) is 0 Å². The van der Waals surface area contributed by atoms with Gasteiger partial charge in [-0.2, -0.15) is 0 Å². The number of likely N-dealkylation sites (N-methyl/N-ethyl adjacent to an activating group) is 1. The van der Waals surface area contributed by atoms with E-state index in [1.807, 2.05) is 33.3 Å². The number of carbonyl (C=O) groups is 1. The first kappa shape index (κ1) is 36.9. The number of phosphoric ester groups is 1. The Bertz CT molecular complexity index is 854. The van der Waals surface area contributed by atoms with Crippen molar-refractivity contribution >= 4 is 13.8 Å². The number of quaternary nitrogens is 1. The van der Waals surface area contributed by atoms with Gasteiger partial charge in [-0.25, -0.2) is 0 Å². The summed E-state index contributed by atoms with van der Waals surface area (Å²) in [5.41, 5.74) is 0. The molecule has 1 unspecified atom stereocenters. The summed E-state index contributed by atoms with van der Waals surface area (Å²) in [4.78, 5) is 23.8. The summed E-state index contributed by atoms with van der Waals surface area (Å²) in [7, 11) is 1.17. The van der Waals surface area contributed by atoms with Crippen molar-refractivity contribution in [3.05, 3.63) is 72.9 Å². The molecule has 0 fully saturated rings. The van der Waals surface area contributed by atoms with Gasteiger partial charge in [-0.15, -0.1) is 0 Å². The van der Waals surface area contributed by atoms with Gasteiger partial charge in [0.25, 0.3) is 7.82 Å². The van der Waals surface area contributed by atoms with Gasteiger partial charge < -0.3 is 28.3 Å². The molecule has 9 heteroatoms. The van der Waals surface area contributed by atoms with E-state index in [4.69, 9.17) is 13.8 Å². The third kappa shape index (κ3) is 27.3. The molecule has 2 atom stereocenters. The van der Waals surface area contributed by atoms with E-state index in [1.54, 1.807) is 0 Å². The molecule has 8 nitrogen and oxygen atoms in total. The van der Waals surface area contributed by atoms with Crippen molar-refractivity contribution in [1.82, 2.24) is 0 Å². The van der Waals surface area contributed by atoms with Crippen molar-refractivity contribution in [1.29, 1.82) is 0 Å². The summed E-state index contributed by atoms with van der Waals surface area (Å²) in [6, 6.07) is 0. The highest BCUT2D eigenvalue weighted by Gasteiger charge is 2.19. The summed E-state index contributed by atoms with van der Waals surface area (Å²) in [6.07, 6.45) is 30.5. The second-order valence-corrected chi connectivity index (χ2v) is 11.2. The number of aliphatic hydroxyl groups excluding tert-OH is 1. The molecule has 1 N–H and O–H groups in total. The number of aliphatic hydroxyl groups is 1. The standard InChI is InChI=1S/C30H50NO7P/c1-5-6-7-8-9-10-11-12-13-14-15-16-17-18-19-20-21-22-23-24-30(33)38-29(27-32)28-37-39(34,35)36-26-25-31(2,3)4/h6-7,9-10,12-13,15-16,18-19,21-22,29,32H,5,8,11,14,17,20,23-28H2,1-4H3/b7-6-,10-9-,13-12-,16-15-,19-18-,22-21-/t29-/m0/s1. The first-order chi connectivity index (χ1) is 18.6. The van der Waals surface area contributed by atoms with E-state index in [-0.39, 0.29) is 13.0 Å². The molecule has 0 aliphatic carbocycles. The van der Waals surface area contributed by atoms with Crippen LogP contribution in [0.2, 0.25) is 0 Å². The lowest BCUT2D eigenvalue weighted by atomic mass is 10.2. The molecule has 0 saturated heterocycles. The molecular formula is C30H50NO7P. The van der Waals surface area contributed by atoms with Gasteiger partial charge in [0.1, 0.15) is 19.3 Å². The molecule has 0 amide bonds. The molecule has 0 rings (SSSR count). The number of carbonyl (C=O) groups excluding carboxylic acids is 1. The lowest BCUT2D eigenvalue weighted by Gasteiger charge is -2.28. The number of ether oxygens (including phenoxy) is 1. The number of hydrogen-bond acceptors (Lipinski definition) is 7. The number of allylic oxidation sites excluding steroid dienone is 12. The maximum absolute atomic E-state index is 12.0. The van der Waals surface area contributed by atoms with Crippen LogP contribution in [0.4, 0.5) is 0 Å². The molecule has 0 aliphatic rings. The first-order valence-electron chi connectivity index (χ1n) is 13.7. The highest BCUT2D eigenvalue weighted by atomic mass is 31.2. The smallest absolute Gasteiger partial charge is 0.306 e. The molecule has 222 valence electrons. The SMILES string of the molecule is CC/C=C\C/C=C\C/C=C\C/C=C\C/C=C\C/C=C\CCC(=O)O[C@@H](CO)COP(=O)([O-])OCC[N+](C)(C)C. The molecular weight excluding hydrogens is 517 g/mol. The summed E-state index contributed by atoms with van der Waals surface area (Å²) in [6.45, 7) is 1.54. The molecule has 0 radical (unpaired) electrons. The maximum atomic E-state index is 12.0. The molecule has 0 aromatic heterocycles. The fourth-order valence-corrected chi connectivity index (χ4v) is 3.58. The van der Waals surface area contributed by atoms with Crippen LogP contribution < -0.4 is 4.89 Å². The Morgan fingerprint density at radius 2 is 1.28 bits per heavy atom. The van der Waals surface area contributed by atoms with Crippen LogP contribution in [-0.2, 0) is 23.1 Å². The van der Waals surface area contributed by atoms with Gasteiger partial charge in [-0.3, -0.25) is 9.36 Å². The molecule has 0 aromatic rings. The summed E-state index contributed by atoms with van der Waals surface area (Å²) < 4.78 is 27.0. The van der Waals surface area contributed by atoms with E-state index in [9.17, 15) is 19.4 Å². The van der Waals surface area contributed by atoms with E-state index < -0.39 is 33.1 Å². The number of phosphoric acid groups is 1. The van der Waals surface area contributed by atoms with Gasteiger partial charge >= 0.3 is 5.97 Å². The Kier molecular flexibility index (Phi) is 22.5. The summed E-state index contributed by atoms with van der Waals surface area (Å²) >= 11 is 0. The molecule has 0 aromatic carbocycles. The minimum Gasteiger partial charge on any atom is -0.756 e. The fourth-order valence-electron chi connectivity index (χ4n) is 2.85.